The Bertz CT molecular complexity index is 464. The molecule has 2 N–H and O–H groups in total. The lowest BCUT2D eigenvalue weighted by molar-refractivity contribution is -0.145. The van der Waals surface area contributed by atoms with Gasteiger partial charge < -0.3 is 10.2 Å². The highest BCUT2D eigenvalue weighted by atomic mass is 16.4. The van der Waals surface area contributed by atoms with Crippen molar-refractivity contribution in [3.8, 4) is 0 Å². The Hall–Kier alpha value is -1.84. The first-order valence-corrected chi connectivity index (χ1v) is 5.64. The highest BCUT2D eigenvalue weighted by molar-refractivity contribution is 5.82. The standard InChI is InChI=1S/C13H14O4/c14-12(15)7-11(13(16)17)10-5-4-8-2-1-3-9(8)6-10/h4-6,11H,1-3,7H2,(H,14,15)(H,16,17). The first kappa shape index (κ1) is 11.6. The van der Waals surface area contributed by atoms with Crippen LogP contribution in [0, 0.1) is 0 Å². The molecule has 4 nitrogen and oxygen atoms in total. The molecule has 2 rings (SSSR count). The predicted octanol–water partition coefficient (Wildman–Crippen LogP) is 1.82. The topological polar surface area (TPSA) is 74.6 Å². The fourth-order valence-electron chi connectivity index (χ4n) is 2.33. The number of hydrogen-bond donors (Lipinski definition) is 2. The maximum atomic E-state index is 11.1. The van der Waals surface area contributed by atoms with Crippen molar-refractivity contribution in [1.82, 2.24) is 0 Å². The van der Waals surface area contributed by atoms with Crippen LogP contribution in [0.2, 0.25) is 0 Å². The van der Waals surface area contributed by atoms with Gasteiger partial charge in [-0.1, -0.05) is 18.2 Å². The van der Waals surface area contributed by atoms with Gasteiger partial charge in [0.2, 0.25) is 0 Å². The predicted molar refractivity (Wildman–Crippen MR) is 61.1 cm³/mol. The third kappa shape index (κ3) is 2.46. The first-order chi connectivity index (χ1) is 8.08. The van der Waals surface area contributed by atoms with Crippen LogP contribution in [0.25, 0.3) is 0 Å². The molecule has 0 aliphatic heterocycles. The number of benzene rings is 1. The Morgan fingerprint density at radius 2 is 1.88 bits per heavy atom. The minimum absolute atomic E-state index is 0.367. The number of hydrogen-bond acceptors (Lipinski definition) is 2. The zero-order valence-electron chi connectivity index (χ0n) is 9.35. The lowest BCUT2D eigenvalue weighted by atomic mass is 9.93. The van der Waals surface area contributed by atoms with Gasteiger partial charge in [0.15, 0.2) is 0 Å². The molecular weight excluding hydrogens is 220 g/mol. The minimum atomic E-state index is -1.09. The molecule has 0 fully saturated rings. The summed E-state index contributed by atoms with van der Waals surface area (Å²) in [6.45, 7) is 0. The number of fused-ring (bicyclic) bond motifs is 1. The molecule has 0 saturated carbocycles. The fraction of sp³-hybridized carbons (Fsp3) is 0.385. The summed E-state index contributed by atoms with van der Waals surface area (Å²) in [5.41, 5.74) is 3.02. The molecule has 0 amide bonds. The van der Waals surface area contributed by atoms with Gasteiger partial charge in [0.05, 0.1) is 12.3 Å². The number of aliphatic carboxylic acids is 2. The molecule has 0 saturated heterocycles. The van der Waals surface area contributed by atoms with Crippen molar-refractivity contribution in [2.24, 2.45) is 0 Å². The van der Waals surface area contributed by atoms with E-state index in [1.54, 1.807) is 6.07 Å². The molecule has 0 radical (unpaired) electrons. The van der Waals surface area contributed by atoms with Gasteiger partial charge in [0.25, 0.3) is 0 Å². The largest absolute Gasteiger partial charge is 0.481 e. The molecule has 1 unspecified atom stereocenters. The van der Waals surface area contributed by atoms with E-state index in [9.17, 15) is 9.59 Å². The summed E-state index contributed by atoms with van der Waals surface area (Å²) >= 11 is 0. The Morgan fingerprint density at radius 1 is 1.18 bits per heavy atom. The molecule has 1 aliphatic rings. The van der Waals surface area contributed by atoms with Gasteiger partial charge in [-0.25, -0.2) is 0 Å². The van der Waals surface area contributed by atoms with Gasteiger partial charge in [0.1, 0.15) is 0 Å². The third-order valence-corrected chi connectivity index (χ3v) is 3.20. The summed E-state index contributed by atoms with van der Waals surface area (Å²) < 4.78 is 0. The monoisotopic (exact) mass is 234 g/mol. The molecule has 90 valence electrons. The summed E-state index contributed by atoms with van der Waals surface area (Å²) in [6, 6.07) is 5.52. The van der Waals surface area contributed by atoms with Crippen LogP contribution in [0.15, 0.2) is 18.2 Å². The van der Waals surface area contributed by atoms with Crippen LogP contribution in [-0.4, -0.2) is 22.2 Å². The lowest BCUT2D eigenvalue weighted by Crippen LogP contribution is -2.16. The Labute approximate surface area is 98.9 Å². The van der Waals surface area contributed by atoms with Gasteiger partial charge in [-0.2, -0.15) is 0 Å². The van der Waals surface area contributed by atoms with Crippen LogP contribution in [-0.2, 0) is 22.4 Å². The maximum absolute atomic E-state index is 11.1. The summed E-state index contributed by atoms with van der Waals surface area (Å²) in [5.74, 6) is -3.11. The average Bonchev–Trinajstić information content (AvgIpc) is 2.72. The van der Waals surface area contributed by atoms with Crippen LogP contribution >= 0.6 is 0 Å². The zero-order valence-corrected chi connectivity index (χ0v) is 9.35. The second-order valence-electron chi connectivity index (χ2n) is 4.37. The smallest absolute Gasteiger partial charge is 0.311 e. The SMILES string of the molecule is O=C(O)CC(C(=O)O)c1ccc2c(c1)CCC2. The van der Waals surface area contributed by atoms with Crippen molar-refractivity contribution in [2.45, 2.75) is 31.6 Å². The summed E-state index contributed by atoms with van der Waals surface area (Å²) in [6.07, 6.45) is 2.72. The molecule has 17 heavy (non-hydrogen) atoms. The van der Waals surface area contributed by atoms with Crippen LogP contribution in [0.1, 0.15) is 35.4 Å². The molecule has 0 bridgehead atoms. The fourth-order valence-corrected chi connectivity index (χ4v) is 2.33. The van der Waals surface area contributed by atoms with Crippen LogP contribution in [0.5, 0.6) is 0 Å². The van der Waals surface area contributed by atoms with Gasteiger partial charge >= 0.3 is 11.9 Å². The van der Waals surface area contributed by atoms with E-state index in [0.717, 1.165) is 19.3 Å². The number of aryl methyl sites for hydroxylation is 2. The van der Waals surface area contributed by atoms with Gasteiger partial charge in [-0.15, -0.1) is 0 Å². The molecule has 0 spiro atoms. The van der Waals surface area contributed by atoms with Crippen LogP contribution < -0.4 is 0 Å². The quantitative estimate of drug-likeness (QED) is 0.833. The van der Waals surface area contributed by atoms with Crippen molar-refractivity contribution < 1.29 is 19.8 Å². The molecule has 1 aromatic carbocycles. The number of rotatable bonds is 4. The third-order valence-electron chi connectivity index (χ3n) is 3.20. The van der Waals surface area contributed by atoms with Crippen molar-refractivity contribution in [1.29, 1.82) is 0 Å². The normalized spacial score (nSPS) is 15.3. The molecule has 4 heteroatoms. The van der Waals surface area contributed by atoms with Crippen molar-refractivity contribution >= 4 is 11.9 Å². The van der Waals surface area contributed by atoms with Crippen LogP contribution in [0.3, 0.4) is 0 Å². The van der Waals surface area contributed by atoms with E-state index in [4.69, 9.17) is 10.2 Å². The molecule has 1 aliphatic carbocycles. The second kappa shape index (κ2) is 4.57. The molecular formula is C13H14O4. The van der Waals surface area contributed by atoms with E-state index >= 15 is 0 Å². The Kier molecular flexibility index (Phi) is 3.13. The maximum Gasteiger partial charge on any atom is 0.311 e. The number of carboxylic acids is 2. The van der Waals surface area contributed by atoms with Gasteiger partial charge in [-0.3, -0.25) is 9.59 Å². The molecule has 1 aromatic rings. The van der Waals surface area contributed by atoms with Crippen molar-refractivity contribution in [2.75, 3.05) is 0 Å². The average molecular weight is 234 g/mol. The summed E-state index contributed by atoms with van der Waals surface area (Å²) in [4.78, 5) is 21.7. The molecule has 0 aromatic heterocycles. The summed E-state index contributed by atoms with van der Waals surface area (Å²) in [7, 11) is 0. The minimum Gasteiger partial charge on any atom is -0.481 e. The first-order valence-electron chi connectivity index (χ1n) is 5.64. The van der Waals surface area contributed by atoms with Gasteiger partial charge in [0, 0.05) is 0 Å². The van der Waals surface area contributed by atoms with E-state index in [1.807, 2.05) is 12.1 Å². The number of carbonyl (C=O) groups is 2. The highest BCUT2D eigenvalue weighted by Crippen LogP contribution is 2.27. The van der Waals surface area contributed by atoms with Crippen molar-refractivity contribution in [3.63, 3.8) is 0 Å². The van der Waals surface area contributed by atoms with E-state index in [-0.39, 0.29) is 6.42 Å². The lowest BCUT2D eigenvalue weighted by Gasteiger charge is -2.11. The van der Waals surface area contributed by atoms with Crippen molar-refractivity contribution in [3.05, 3.63) is 34.9 Å². The molecule has 1 atom stereocenters. The zero-order chi connectivity index (χ0) is 12.4. The summed E-state index contributed by atoms with van der Waals surface area (Å²) in [5, 5.41) is 17.8. The Morgan fingerprint density at radius 3 is 2.53 bits per heavy atom. The highest BCUT2D eigenvalue weighted by Gasteiger charge is 2.24. The van der Waals surface area contributed by atoms with E-state index in [2.05, 4.69) is 0 Å². The van der Waals surface area contributed by atoms with E-state index < -0.39 is 17.9 Å². The Balaban J connectivity index is 2.30. The van der Waals surface area contributed by atoms with E-state index in [1.165, 1.54) is 11.1 Å². The number of carboxylic acid groups (broad SMARTS) is 2. The second-order valence-corrected chi connectivity index (χ2v) is 4.37. The molecule has 0 heterocycles. The van der Waals surface area contributed by atoms with Crippen LogP contribution in [0.4, 0.5) is 0 Å². The van der Waals surface area contributed by atoms with E-state index in [0.29, 0.717) is 5.56 Å². The van der Waals surface area contributed by atoms with Gasteiger partial charge in [-0.05, 0) is 36.0 Å².